The molecule has 0 atom stereocenters. The van der Waals surface area contributed by atoms with Crippen LogP contribution in [0.3, 0.4) is 0 Å². The van der Waals surface area contributed by atoms with Crippen molar-refractivity contribution in [2.75, 3.05) is 25.1 Å². The molecule has 1 aliphatic rings. The molecular weight excluding hydrogens is 194 g/mol. The van der Waals surface area contributed by atoms with Crippen molar-refractivity contribution in [3.05, 3.63) is 0 Å². The smallest absolute Gasteiger partial charge is 0.191 e. The number of terminal acetylenes is 1. The van der Waals surface area contributed by atoms with Crippen LogP contribution in [0.25, 0.3) is 0 Å². The number of guanidine groups is 1. The molecule has 14 heavy (non-hydrogen) atoms. The maximum absolute atomic E-state index is 5.14. The maximum Gasteiger partial charge on any atom is 0.191 e. The Hall–Kier alpha value is -0.820. The summed E-state index contributed by atoms with van der Waals surface area (Å²) >= 11 is 1.76. The lowest BCUT2D eigenvalue weighted by molar-refractivity contribution is 0.828. The second-order valence-corrected chi connectivity index (χ2v) is 4.28. The van der Waals surface area contributed by atoms with Crippen molar-refractivity contribution in [3.8, 4) is 12.3 Å². The average Bonchev–Trinajstić information content (AvgIpc) is 2.99. The van der Waals surface area contributed by atoms with Gasteiger partial charge in [0.05, 0.1) is 5.75 Å². The van der Waals surface area contributed by atoms with Crippen LogP contribution >= 0.6 is 11.8 Å². The lowest BCUT2D eigenvalue weighted by Crippen LogP contribution is -2.39. The topological polar surface area (TPSA) is 36.4 Å². The van der Waals surface area contributed by atoms with Crippen molar-refractivity contribution in [1.29, 1.82) is 0 Å². The molecule has 4 heteroatoms. The number of hydrogen-bond donors (Lipinski definition) is 2. The van der Waals surface area contributed by atoms with Crippen molar-refractivity contribution in [3.63, 3.8) is 0 Å². The lowest BCUT2D eigenvalue weighted by atomic mass is 10.6. The van der Waals surface area contributed by atoms with Crippen LogP contribution in [0.5, 0.6) is 0 Å². The van der Waals surface area contributed by atoms with Crippen LogP contribution in [0, 0.1) is 12.3 Å². The van der Waals surface area contributed by atoms with Gasteiger partial charge in [0.2, 0.25) is 0 Å². The highest BCUT2D eigenvalue weighted by Crippen LogP contribution is 2.18. The zero-order chi connectivity index (χ0) is 10.2. The first-order chi connectivity index (χ1) is 6.86. The lowest BCUT2D eigenvalue weighted by Gasteiger charge is -2.10. The van der Waals surface area contributed by atoms with Gasteiger partial charge in [-0.15, -0.1) is 18.2 Å². The predicted octanol–water partition coefficient (Wildman–Crippen LogP) is 0.680. The van der Waals surface area contributed by atoms with Gasteiger partial charge in [0.15, 0.2) is 5.96 Å². The number of hydrogen-bond acceptors (Lipinski definition) is 2. The third-order valence-corrected chi connectivity index (χ3v) is 2.73. The zero-order valence-electron chi connectivity index (χ0n) is 8.55. The first kappa shape index (κ1) is 11.3. The number of rotatable bonds is 5. The molecule has 0 aromatic heterocycles. The quantitative estimate of drug-likeness (QED) is 0.304. The van der Waals surface area contributed by atoms with Crippen LogP contribution in [0.15, 0.2) is 4.99 Å². The van der Waals surface area contributed by atoms with Crippen molar-refractivity contribution in [2.24, 2.45) is 4.99 Å². The molecule has 3 nitrogen and oxygen atoms in total. The van der Waals surface area contributed by atoms with Crippen LogP contribution in [0.4, 0.5) is 0 Å². The minimum absolute atomic E-state index is 0.652. The number of nitrogens with zero attached hydrogens (tertiary/aromatic N) is 1. The van der Waals surface area contributed by atoms with Gasteiger partial charge in [0, 0.05) is 25.4 Å². The van der Waals surface area contributed by atoms with E-state index >= 15 is 0 Å². The molecule has 0 aromatic carbocycles. The monoisotopic (exact) mass is 211 g/mol. The molecule has 1 saturated carbocycles. The molecular formula is C10H17N3S. The molecule has 78 valence electrons. The first-order valence-corrected chi connectivity index (χ1v) is 6.00. The van der Waals surface area contributed by atoms with Crippen LogP contribution < -0.4 is 10.6 Å². The van der Waals surface area contributed by atoms with Crippen molar-refractivity contribution in [1.82, 2.24) is 10.6 Å². The molecule has 0 amide bonds. The molecule has 0 aliphatic heterocycles. The molecule has 1 aliphatic carbocycles. The van der Waals surface area contributed by atoms with Gasteiger partial charge in [-0.1, -0.05) is 5.92 Å². The summed E-state index contributed by atoms with van der Waals surface area (Å²) in [4.78, 5) is 4.13. The van der Waals surface area contributed by atoms with Crippen LogP contribution in [-0.4, -0.2) is 37.1 Å². The molecule has 0 unspecified atom stereocenters. The molecule has 1 fully saturated rings. The minimum Gasteiger partial charge on any atom is -0.356 e. The Kier molecular flexibility index (Phi) is 5.31. The number of aliphatic imine (C=N–C) groups is 1. The van der Waals surface area contributed by atoms with Gasteiger partial charge >= 0.3 is 0 Å². The van der Waals surface area contributed by atoms with Crippen LogP contribution in [0.2, 0.25) is 0 Å². The summed E-state index contributed by atoms with van der Waals surface area (Å²) < 4.78 is 0. The minimum atomic E-state index is 0.652. The van der Waals surface area contributed by atoms with Crippen molar-refractivity contribution >= 4 is 17.7 Å². The normalized spacial score (nSPS) is 16.1. The maximum atomic E-state index is 5.14. The molecule has 0 spiro atoms. The van der Waals surface area contributed by atoms with E-state index in [-0.39, 0.29) is 0 Å². The van der Waals surface area contributed by atoms with Gasteiger partial charge in [-0.3, -0.25) is 4.99 Å². The molecule has 0 heterocycles. The van der Waals surface area contributed by atoms with Crippen molar-refractivity contribution < 1.29 is 0 Å². The van der Waals surface area contributed by atoms with Gasteiger partial charge in [0.25, 0.3) is 0 Å². The van der Waals surface area contributed by atoms with E-state index in [0.29, 0.717) is 6.04 Å². The molecule has 0 bridgehead atoms. The Morgan fingerprint density at radius 2 is 2.43 bits per heavy atom. The highest BCUT2D eigenvalue weighted by Gasteiger charge is 2.21. The molecule has 2 N–H and O–H groups in total. The fourth-order valence-corrected chi connectivity index (χ4v) is 1.50. The fraction of sp³-hybridized carbons (Fsp3) is 0.700. The summed E-state index contributed by atoms with van der Waals surface area (Å²) in [7, 11) is 1.80. The summed E-state index contributed by atoms with van der Waals surface area (Å²) in [5.41, 5.74) is 0. The van der Waals surface area contributed by atoms with Gasteiger partial charge in [-0.2, -0.15) is 0 Å². The van der Waals surface area contributed by atoms with Gasteiger partial charge < -0.3 is 10.6 Å². The molecule has 0 saturated heterocycles. The Labute approximate surface area is 90.1 Å². The van der Waals surface area contributed by atoms with E-state index in [1.807, 2.05) is 0 Å². The van der Waals surface area contributed by atoms with E-state index in [1.54, 1.807) is 18.8 Å². The third-order valence-electron chi connectivity index (χ3n) is 1.87. The fourth-order valence-electron chi connectivity index (χ4n) is 0.988. The zero-order valence-corrected chi connectivity index (χ0v) is 9.36. The Bertz CT molecular complexity index is 228. The SMILES string of the molecule is C#CCSCCNC(=NC)NC1CC1. The van der Waals surface area contributed by atoms with E-state index < -0.39 is 0 Å². The average molecular weight is 211 g/mol. The summed E-state index contributed by atoms with van der Waals surface area (Å²) in [6.45, 7) is 0.915. The Morgan fingerprint density at radius 3 is 3.00 bits per heavy atom. The van der Waals surface area contributed by atoms with Gasteiger partial charge in [-0.25, -0.2) is 0 Å². The van der Waals surface area contributed by atoms with E-state index in [9.17, 15) is 0 Å². The third kappa shape index (κ3) is 5.03. The standard InChI is InChI=1S/C10H17N3S/c1-3-7-14-8-6-12-10(11-2)13-9-4-5-9/h1,9H,4-8H2,2H3,(H2,11,12,13). The van der Waals surface area contributed by atoms with E-state index in [1.165, 1.54) is 12.8 Å². The second-order valence-electron chi connectivity index (χ2n) is 3.17. The Morgan fingerprint density at radius 1 is 1.64 bits per heavy atom. The number of nitrogens with one attached hydrogen (secondary N) is 2. The summed E-state index contributed by atoms with van der Waals surface area (Å²) in [5, 5.41) is 6.57. The highest BCUT2D eigenvalue weighted by atomic mass is 32.2. The predicted molar refractivity (Wildman–Crippen MR) is 63.7 cm³/mol. The summed E-state index contributed by atoms with van der Waals surface area (Å²) in [5.74, 6) is 5.32. The number of thioether (sulfide) groups is 1. The second kappa shape index (κ2) is 6.61. The van der Waals surface area contributed by atoms with E-state index in [0.717, 1.165) is 24.0 Å². The van der Waals surface area contributed by atoms with E-state index in [2.05, 4.69) is 21.5 Å². The molecule has 0 radical (unpaired) electrons. The van der Waals surface area contributed by atoms with Crippen molar-refractivity contribution in [2.45, 2.75) is 18.9 Å². The summed E-state index contributed by atoms with van der Waals surface area (Å²) in [6, 6.07) is 0.652. The molecule has 0 aromatic rings. The summed E-state index contributed by atoms with van der Waals surface area (Å²) in [6.07, 6.45) is 7.68. The van der Waals surface area contributed by atoms with Gasteiger partial charge in [-0.05, 0) is 12.8 Å². The van der Waals surface area contributed by atoms with Crippen LogP contribution in [0.1, 0.15) is 12.8 Å². The first-order valence-electron chi connectivity index (χ1n) is 4.85. The molecule has 1 rings (SSSR count). The highest BCUT2D eigenvalue weighted by molar-refractivity contribution is 7.99. The van der Waals surface area contributed by atoms with Gasteiger partial charge in [0.1, 0.15) is 0 Å². The Balaban J connectivity index is 2.00. The largest absolute Gasteiger partial charge is 0.356 e. The van der Waals surface area contributed by atoms with Crippen LogP contribution in [-0.2, 0) is 0 Å². The van der Waals surface area contributed by atoms with E-state index in [4.69, 9.17) is 6.42 Å².